The number of carbonyl (C=O) groups excluding carboxylic acids is 1. The smallest absolute Gasteiger partial charge is 0.368 e. The van der Waals surface area contributed by atoms with E-state index >= 15 is 0 Å². The largest absolute Gasteiger partial charge is 0.408 e. The molecule has 2 fully saturated rings. The van der Waals surface area contributed by atoms with Gasteiger partial charge in [-0.15, -0.1) is 0 Å². The zero-order valence-electron chi connectivity index (χ0n) is 18.3. The maximum absolute atomic E-state index is 14.2. The molecule has 0 bridgehead atoms. The Bertz CT molecular complexity index is 1060. The van der Waals surface area contributed by atoms with Gasteiger partial charge in [0.25, 0.3) is 5.91 Å². The first-order valence-corrected chi connectivity index (χ1v) is 10.8. The number of amides is 1. The van der Waals surface area contributed by atoms with Gasteiger partial charge in [-0.1, -0.05) is 0 Å². The summed E-state index contributed by atoms with van der Waals surface area (Å²) in [7, 11) is 0. The van der Waals surface area contributed by atoms with Gasteiger partial charge in [0, 0.05) is 42.4 Å². The van der Waals surface area contributed by atoms with Crippen LogP contribution in [0.15, 0.2) is 24.4 Å². The van der Waals surface area contributed by atoms with Crippen LogP contribution in [0.5, 0.6) is 0 Å². The third-order valence-electron chi connectivity index (χ3n) is 6.10. The Kier molecular flexibility index (Phi) is 5.84. The number of halogens is 5. The number of pyridine rings is 1. The zero-order chi connectivity index (χ0) is 24.1. The highest BCUT2D eigenvalue weighted by Crippen LogP contribution is 2.48. The van der Waals surface area contributed by atoms with Crippen LogP contribution in [0, 0.1) is 11.6 Å². The molecule has 2 aromatic rings. The molecule has 2 aliphatic rings. The highest BCUT2D eigenvalue weighted by Gasteiger charge is 2.40. The maximum Gasteiger partial charge on any atom is 0.408 e. The van der Waals surface area contributed by atoms with Crippen LogP contribution in [-0.4, -0.2) is 41.7 Å². The van der Waals surface area contributed by atoms with Crippen LogP contribution in [-0.2, 0) is 0 Å². The van der Waals surface area contributed by atoms with Crippen LogP contribution in [0.2, 0.25) is 0 Å². The van der Waals surface area contributed by atoms with Crippen molar-refractivity contribution in [1.82, 2.24) is 10.3 Å². The summed E-state index contributed by atoms with van der Waals surface area (Å²) in [6.07, 6.45) is -1.15. The van der Waals surface area contributed by atoms with E-state index in [4.69, 9.17) is 5.73 Å². The van der Waals surface area contributed by atoms with Crippen LogP contribution in [0.4, 0.5) is 27.6 Å². The molecule has 178 valence electrons. The molecule has 1 unspecified atom stereocenters. The summed E-state index contributed by atoms with van der Waals surface area (Å²) in [6.45, 7) is 3.43. The minimum atomic E-state index is -4.63. The average molecular weight is 468 g/mol. The number of nitrogens with two attached hydrogens (primary N) is 1. The molecule has 1 aromatic heterocycles. The van der Waals surface area contributed by atoms with Crippen molar-refractivity contribution in [2.75, 3.05) is 18.0 Å². The average Bonchev–Trinajstić information content (AvgIpc) is 3.48. The zero-order valence-corrected chi connectivity index (χ0v) is 18.3. The van der Waals surface area contributed by atoms with E-state index in [2.05, 4.69) is 4.98 Å². The molecule has 0 radical (unpaired) electrons. The Balaban J connectivity index is 1.91. The van der Waals surface area contributed by atoms with Gasteiger partial charge in [0.2, 0.25) is 0 Å². The fourth-order valence-corrected chi connectivity index (χ4v) is 4.19. The topological polar surface area (TPSA) is 71.2 Å². The molecule has 0 spiro atoms. The number of nitrogens with zero attached hydrogens (tertiary/aromatic N) is 2. The predicted octanol–water partition coefficient (Wildman–Crippen LogP) is 4.51. The fourth-order valence-electron chi connectivity index (χ4n) is 4.19. The molecule has 5 nitrogen and oxygen atoms in total. The number of carbonyl (C=O) groups is 1. The molecule has 1 saturated heterocycles. The molecule has 10 heteroatoms. The Morgan fingerprint density at radius 2 is 1.88 bits per heavy atom. The third-order valence-corrected chi connectivity index (χ3v) is 6.10. The second-order valence-corrected chi connectivity index (χ2v) is 9.28. The van der Waals surface area contributed by atoms with Crippen LogP contribution < -0.4 is 16.0 Å². The Morgan fingerprint density at radius 3 is 2.39 bits per heavy atom. The number of benzene rings is 1. The van der Waals surface area contributed by atoms with Crippen molar-refractivity contribution in [3.8, 4) is 11.1 Å². The molecule has 4 rings (SSSR count). The van der Waals surface area contributed by atoms with Crippen molar-refractivity contribution < 1.29 is 26.7 Å². The lowest BCUT2D eigenvalue weighted by Crippen LogP contribution is -2.44. The SMILES string of the molecule is CC(NC(=O)c1cnc(C2CC2)c(-c2cc(F)cc(F)c2)c1N1CC[C@](C)(N)C1)C(F)(F)F. The van der Waals surface area contributed by atoms with Crippen molar-refractivity contribution in [2.24, 2.45) is 5.73 Å². The summed E-state index contributed by atoms with van der Waals surface area (Å²) in [4.78, 5) is 19.2. The molecule has 2 heterocycles. The normalized spacial score (nSPS) is 21.9. The summed E-state index contributed by atoms with van der Waals surface area (Å²) < 4.78 is 67.6. The van der Waals surface area contributed by atoms with E-state index in [1.807, 2.05) is 12.2 Å². The van der Waals surface area contributed by atoms with E-state index in [9.17, 15) is 26.7 Å². The predicted molar refractivity (Wildman–Crippen MR) is 114 cm³/mol. The third kappa shape index (κ3) is 4.95. The second-order valence-electron chi connectivity index (χ2n) is 9.28. The summed E-state index contributed by atoms with van der Waals surface area (Å²) in [5.41, 5.74) is 7.02. The van der Waals surface area contributed by atoms with Gasteiger partial charge in [0.15, 0.2) is 0 Å². The highest BCUT2D eigenvalue weighted by atomic mass is 19.4. The van der Waals surface area contributed by atoms with E-state index in [1.54, 1.807) is 4.90 Å². The highest BCUT2D eigenvalue weighted by molar-refractivity contribution is 6.04. The van der Waals surface area contributed by atoms with Gasteiger partial charge in [-0.05, 0) is 50.8 Å². The quantitative estimate of drug-likeness (QED) is 0.634. The van der Waals surface area contributed by atoms with Gasteiger partial charge < -0.3 is 16.0 Å². The number of rotatable bonds is 5. The number of hydrogen-bond donors (Lipinski definition) is 2. The van der Waals surface area contributed by atoms with Gasteiger partial charge in [0.1, 0.15) is 17.7 Å². The van der Waals surface area contributed by atoms with Gasteiger partial charge in [0.05, 0.1) is 16.9 Å². The summed E-state index contributed by atoms with van der Waals surface area (Å²) >= 11 is 0. The van der Waals surface area contributed by atoms with Crippen LogP contribution >= 0.6 is 0 Å². The Labute approximate surface area is 188 Å². The van der Waals surface area contributed by atoms with Crippen molar-refractivity contribution in [3.05, 3.63) is 47.3 Å². The lowest BCUT2D eigenvalue weighted by atomic mass is 9.95. The first-order valence-electron chi connectivity index (χ1n) is 10.8. The number of aromatic nitrogens is 1. The number of hydrogen-bond acceptors (Lipinski definition) is 4. The minimum Gasteiger partial charge on any atom is -0.368 e. The Hall–Kier alpha value is -2.75. The van der Waals surface area contributed by atoms with E-state index in [-0.39, 0.29) is 17.0 Å². The van der Waals surface area contributed by atoms with Crippen molar-refractivity contribution in [3.63, 3.8) is 0 Å². The molecule has 1 aliphatic carbocycles. The van der Waals surface area contributed by atoms with E-state index < -0.39 is 35.3 Å². The Morgan fingerprint density at radius 1 is 1.24 bits per heavy atom. The molecule has 2 atom stereocenters. The van der Waals surface area contributed by atoms with E-state index in [1.165, 1.54) is 6.20 Å². The first-order chi connectivity index (χ1) is 15.4. The second kappa shape index (κ2) is 8.23. The summed E-state index contributed by atoms with van der Waals surface area (Å²) in [5.74, 6) is -2.52. The molecule has 1 aliphatic heterocycles. The van der Waals surface area contributed by atoms with Crippen molar-refractivity contribution in [2.45, 2.75) is 56.8 Å². The van der Waals surface area contributed by atoms with Crippen LogP contribution in [0.25, 0.3) is 11.1 Å². The first kappa shape index (κ1) is 23.4. The fraction of sp³-hybridized carbons (Fsp3) is 0.478. The van der Waals surface area contributed by atoms with Crippen molar-refractivity contribution >= 4 is 11.6 Å². The number of alkyl halides is 3. The molecule has 1 aromatic carbocycles. The van der Waals surface area contributed by atoms with Crippen LogP contribution in [0.3, 0.4) is 0 Å². The maximum atomic E-state index is 14.2. The molecule has 1 amide bonds. The molecule has 33 heavy (non-hydrogen) atoms. The van der Waals surface area contributed by atoms with Gasteiger partial charge >= 0.3 is 6.18 Å². The van der Waals surface area contributed by atoms with Gasteiger partial charge in [-0.25, -0.2) is 8.78 Å². The molecular weight excluding hydrogens is 443 g/mol. The molecule has 3 N–H and O–H groups in total. The number of anilines is 1. The lowest BCUT2D eigenvalue weighted by molar-refractivity contribution is -0.149. The van der Waals surface area contributed by atoms with E-state index in [0.717, 1.165) is 38.0 Å². The summed E-state index contributed by atoms with van der Waals surface area (Å²) in [5, 5.41) is 1.98. The standard InChI is InChI=1S/C23H25F5N4O/c1-12(23(26,27)28)31-21(33)17-10-30-19(13-3-4-13)18(14-7-15(24)9-16(25)8-14)20(17)32-6-5-22(2,29)11-32/h7-10,12-13H,3-6,11,29H2,1-2H3,(H,31,33)/t12?,22-/m0/s1. The van der Waals surface area contributed by atoms with Crippen LogP contribution in [0.1, 0.15) is 55.1 Å². The van der Waals surface area contributed by atoms with Gasteiger partial charge in [-0.3, -0.25) is 9.78 Å². The lowest BCUT2D eigenvalue weighted by Gasteiger charge is -2.28. The molecular formula is C23H25F5N4O. The number of nitrogens with one attached hydrogen (secondary N) is 1. The monoisotopic (exact) mass is 468 g/mol. The minimum absolute atomic E-state index is 0.0446. The molecule has 1 saturated carbocycles. The van der Waals surface area contributed by atoms with E-state index in [0.29, 0.717) is 36.5 Å². The van der Waals surface area contributed by atoms with Crippen molar-refractivity contribution in [1.29, 1.82) is 0 Å². The summed E-state index contributed by atoms with van der Waals surface area (Å²) in [6, 6.07) is 0.941. The van der Waals surface area contributed by atoms with Gasteiger partial charge in [-0.2, -0.15) is 13.2 Å².